The Balaban J connectivity index is 1.28. The summed E-state index contributed by atoms with van der Waals surface area (Å²) in [5.74, 6) is 0.659. The number of rotatable bonds is 4. The second kappa shape index (κ2) is 8.63. The van der Waals surface area contributed by atoms with Crippen LogP contribution in [0.15, 0.2) is 24.4 Å². The smallest absolute Gasteiger partial charge is 0.328 e. The lowest BCUT2D eigenvalue weighted by atomic mass is 9.95. The predicted molar refractivity (Wildman–Crippen MR) is 122 cm³/mol. The van der Waals surface area contributed by atoms with Gasteiger partial charge in [0.25, 0.3) is 0 Å². The molecule has 0 unspecified atom stereocenters. The van der Waals surface area contributed by atoms with Crippen molar-refractivity contribution in [2.24, 2.45) is 5.92 Å². The molecule has 1 aromatic heterocycles. The highest BCUT2D eigenvalue weighted by atomic mass is 16.2. The van der Waals surface area contributed by atoms with E-state index in [-0.39, 0.29) is 11.9 Å². The average Bonchev–Trinajstić information content (AvgIpc) is 3.17. The molecular weight excluding hydrogens is 390 g/mol. The van der Waals surface area contributed by atoms with Gasteiger partial charge < -0.3 is 14.8 Å². The summed E-state index contributed by atoms with van der Waals surface area (Å²) in [5, 5.41) is 7.05. The van der Waals surface area contributed by atoms with Crippen molar-refractivity contribution in [2.45, 2.75) is 45.1 Å². The number of hydrogen-bond acceptors (Lipinski definition) is 4. The van der Waals surface area contributed by atoms with Gasteiger partial charge >= 0.3 is 6.03 Å². The quantitative estimate of drug-likeness (QED) is 0.793. The number of nitrogens with zero attached hydrogens (tertiary/aromatic N) is 3. The summed E-state index contributed by atoms with van der Waals surface area (Å²) in [4.78, 5) is 28.1. The molecule has 3 fully saturated rings. The SMILES string of the molecule is Cc1cc2c(ccn2C2CCN(CC3CCNCC3)CC2)cc1N1CCC(=O)NC1=O. The molecule has 4 heterocycles. The van der Waals surface area contributed by atoms with Crippen molar-refractivity contribution < 1.29 is 9.59 Å². The van der Waals surface area contributed by atoms with Gasteiger partial charge in [-0.3, -0.25) is 15.0 Å². The van der Waals surface area contributed by atoms with Crippen LogP contribution in [0.5, 0.6) is 0 Å². The molecule has 5 rings (SSSR count). The largest absolute Gasteiger partial charge is 0.344 e. The minimum absolute atomic E-state index is 0.197. The number of aryl methyl sites for hydroxylation is 1. The number of aromatic nitrogens is 1. The lowest BCUT2D eigenvalue weighted by Crippen LogP contribution is -2.49. The van der Waals surface area contributed by atoms with Crippen molar-refractivity contribution in [3.63, 3.8) is 0 Å². The molecular formula is C24H33N5O2. The summed E-state index contributed by atoms with van der Waals surface area (Å²) in [6, 6.07) is 6.67. The van der Waals surface area contributed by atoms with Gasteiger partial charge in [0.15, 0.2) is 0 Å². The Kier molecular flexibility index (Phi) is 5.71. The van der Waals surface area contributed by atoms with Gasteiger partial charge in [-0.2, -0.15) is 0 Å². The van der Waals surface area contributed by atoms with Crippen LogP contribution in [0.3, 0.4) is 0 Å². The standard InChI is InChI=1S/C24H33N5O2/c1-17-14-22-19(15-21(17)29-13-7-23(30)26-24(29)31)4-12-28(22)20-5-10-27(11-6-20)16-18-2-8-25-9-3-18/h4,12,14-15,18,20,25H,2-3,5-11,13,16H2,1H3,(H,26,30,31). The Bertz CT molecular complexity index is 970. The molecule has 3 amide bonds. The first-order chi connectivity index (χ1) is 15.1. The lowest BCUT2D eigenvalue weighted by molar-refractivity contribution is -0.120. The van der Waals surface area contributed by atoms with Crippen LogP contribution in [0.1, 0.15) is 43.7 Å². The highest BCUT2D eigenvalue weighted by Gasteiger charge is 2.27. The number of nitrogens with one attached hydrogen (secondary N) is 2. The third kappa shape index (κ3) is 4.21. The average molecular weight is 424 g/mol. The van der Waals surface area contributed by atoms with Crippen LogP contribution in [0.25, 0.3) is 10.9 Å². The van der Waals surface area contributed by atoms with Gasteiger partial charge in [0.2, 0.25) is 5.91 Å². The number of anilines is 1. The van der Waals surface area contributed by atoms with E-state index in [1.54, 1.807) is 4.90 Å². The molecule has 1 aromatic carbocycles. The van der Waals surface area contributed by atoms with E-state index in [0.29, 0.717) is 19.0 Å². The summed E-state index contributed by atoms with van der Waals surface area (Å²) in [7, 11) is 0. The molecule has 3 saturated heterocycles. The Morgan fingerprint density at radius 2 is 1.81 bits per heavy atom. The molecule has 0 saturated carbocycles. The fourth-order valence-electron chi connectivity index (χ4n) is 5.51. The van der Waals surface area contributed by atoms with Gasteiger partial charge in [0, 0.05) is 61.4 Å². The number of fused-ring (bicyclic) bond motifs is 1. The molecule has 3 aliphatic rings. The Morgan fingerprint density at radius 3 is 2.55 bits per heavy atom. The zero-order valence-corrected chi connectivity index (χ0v) is 18.4. The summed E-state index contributed by atoms with van der Waals surface area (Å²) in [5.41, 5.74) is 3.21. The monoisotopic (exact) mass is 423 g/mol. The number of carbonyl (C=O) groups excluding carboxylic acids is 2. The van der Waals surface area contributed by atoms with Gasteiger partial charge in [0.05, 0.1) is 0 Å². The molecule has 2 N–H and O–H groups in total. The Morgan fingerprint density at radius 1 is 1.03 bits per heavy atom. The van der Waals surface area contributed by atoms with E-state index in [0.717, 1.165) is 22.6 Å². The van der Waals surface area contributed by atoms with Crippen molar-refractivity contribution in [3.8, 4) is 0 Å². The van der Waals surface area contributed by atoms with Crippen LogP contribution >= 0.6 is 0 Å². The number of urea groups is 1. The fourth-order valence-corrected chi connectivity index (χ4v) is 5.51. The maximum Gasteiger partial charge on any atom is 0.328 e. The molecule has 0 aliphatic carbocycles. The number of carbonyl (C=O) groups is 2. The molecule has 7 heteroatoms. The summed E-state index contributed by atoms with van der Waals surface area (Å²) in [6.07, 6.45) is 7.55. The summed E-state index contributed by atoms with van der Waals surface area (Å²) < 4.78 is 2.44. The van der Waals surface area contributed by atoms with E-state index in [2.05, 4.69) is 51.4 Å². The first kappa shape index (κ1) is 20.5. The van der Waals surface area contributed by atoms with Crippen molar-refractivity contribution in [1.82, 2.24) is 20.1 Å². The van der Waals surface area contributed by atoms with E-state index in [1.807, 2.05) is 0 Å². The maximum atomic E-state index is 12.3. The molecule has 7 nitrogen and oxygen atoms in total. The number of hydrogen-bond donors (Lipinski definition) is 2. The normalized spacial score (nSPS) is 22.3. The molecule has 0 bridgehead atoms. The van der Waals surface area contributed by atoms with Crippen LogP contribution in [-0.2, 0) is 4.79 Å². The topological polar surface area (TPSA) is 69.6 Å². The predicted octanol–water partition coefficient (Wildman–Crippen LogP) is 3.03. The Labute approximate surface area is 183 Å². The number of amides is 3. The van der Waals surface area contributed by atoms with Gasteiger partial charge in [-0.1, -0.05) is 0 Å². The van der Waals surface area contributed by atoms with Crippen molar-refractivity contribution in [2.75, 3.05) is 44.2 Å². The third-order valence-corrected chi connectivity index (χ3v) is 7.31. The van der Waals surface area contributed by atoms with Gasteiger partial charge in [-0.05, 0) is 75.4 Å². The second-order valence-corrected chi connectivity index (χ2v) is 9.40. The molecule has 2 aromatic rings. The van der Waals surface area contributed by atoms with Crippen LogP contribution in [0.4, 0.5) is 10.5 Å². The minimum atomic E-state index is -0.320. The summed E-state index contributed by atoms with van der Waals surface area (Å²) in [6.45, 7) is 8.44. The fraction of sp³-hybridized carbons (Fsp3) is 0.583. The van der Waals surface area contributed by atoms with E-state index >= 15 is 0 Å². The first-order valence-electron chi connectivity index (χ1n) is 11.7. The van der Waals surface area contributed by atoms with Crippen molar-refractivity contribution in [3.05, 3.63) is 30.0 Å². The lowest BCUT2D eigenvalue weighted by Gasteiger charge is -2.36. The van der Waals surface area contributed by atoms with Crippen LogP contribution in [0, 0.1) is 12.8 Å². The number of piperidine rings is 2. The number of imide groups is 1. The van der Waals surface area contributed by atoms with E-state index in [1.165, 1.54) is 63.9 Å². The second-order valence-electron chi connectivity index (χ2n) is 9.40. The number of benzene rings is 1. The molecule has 0 spiro atoms. The zero-order valence-electron chi connectivity index (χ0n) is 18.4. The van der Waals surface area contributed by atoms with Crippen LogP contribution in [-0.4, -0.2) is 60.7 Å². The minimum Gasteiger partial charge on any atom is -0.344 e. The highest BCUT2D eigenvalue weighted by molar-refractivity contribution is 6.06. The van der Waals surface area contributed by atoms with Crippen molar-refractivity contribution in [1.29, 1.82) is 0 Å². The van der Waals surface area contributed by atoms with Gasteiger partial charge in [-0.25, -0.2) is 4.79 Å². The van der Waals surface area contributed by atoms with E-state index in [4.69, 9.17) is 0 Å². The van der Waals surface area contributed by atoms with Crippen LogP contribution in [0.2, 0.25) is 0 Å². The summed E-state index contributed by atoms with van der Waals surface area (Å²) >= 11 is 0. The molecule has 3 aliphatic heterocycles. The molecule has 0 radical (unpaired) electrons. The van der Waals surface area contributed by atoms with Gasteiger partial charge in [0.1, 0.15) is 0 Å². The van der Waals surface area contributed by atoms with Gasteiger partial charge in [-0.15, -0.1) is 0 Å². The molecule has 0 atom stereocenters. The first-order valence-corrected chi connectivity index (χ1v) is 11.7. The zero-order chi connectivity index (χ0) is 21.4. The maximum absolute atomic E-state index is 12.3. The van der Waals surface area contributed by atoms with E-state index in [9.17, 15) is 9.59 Å². The molecule has 31 heavy (non-hydrogen) atoms. The Hall–Kier alpha value is -2.38. The number of likely N-dealkylation sites (tertiary alicyclic amines) is 1. The van der Waals surface area contributed by atoms with Crippen molar-refractivity contribution >= 4 is 28.5 Å². The van der Waals surface area contributed by atoms with Crippen LogP contribution < -0.4 is 15.5 Å². The highest BCUT2D eigenvalue weighted by Crippen LogP contribution is 2.33. The molecule has 166 valence electrons. The van der Waals surface area contributed by atoms with E-state index < -0.39 is 0 Å². The third-order valence-electron chi connectivity index (χ3n) is 7.31.